The number of nitrogens with zero attached hydrogens (tertiary/aromatic N) is 3. The smallest absolute Gasteiger partial charge is 0.248 e. The first-order valence-corrected chi connectivity index (χ1v) is 9.74. The molecule has 150 valence electrons. The number of para-hydroxylation sites is 1. The summed E-state index contributed by atoms with van der Waals surface area (Å²) in [4.78, 5) is 23.2. The van der Waals surface area contributed by atoms with E-state index >= 15 is 0 Å². The molecule has 3 rings (SSSR count). The van der Waals surface area contributed by atoms with E-state index in [9.17, 15) is 4.79 Å². The zero-order valence-corrected chi connectivity index (χ0v) is 17.1. The molecule has 28 heavy (non-hydrogen) atoms. The third-order valence-corrected chi connectivity index (χ3v) is 4.60. The average molecular weight is 383 g/mol. The molecule has 0 radical (unpaired) electrons. The minimum absolute atomic E-state index is 0.00621. The van der Waals surface area contributed by atoms with Gasteiger partial charge in [0, 0.05) is 24.2 Å². The van der Waals surface area contributed by atoms with Crippen molar-refractivity contribution in [3.05, 3.63) is 47.7 Å². The highest BCUT2D eigenvalue weighted by Gasteiger charge is 2.24. The number of nitrogens with one attached hydrogen (secondary N) is 2. The number of hydrogen-bond donors (Lipinski definition) is 2. The maximum Gasteiger partial charge on any atom is 0.248 e. The van der Waals surface area contributed by atoms with Gasteiger partial charge in [0.1, 0.15) is 12.3 Å². The third kappa shape index (κ3) is 4.71. The second-order valence-electron chi connectivity index (χ2n) is 7.84. The Labute approximate surface area is 166 Å². The Hall–Kier alpha value is -2.83. The molecule has 0 fully saturated rings. The zero-order valence-electron chi connectivity index (χ0n) is 17.1. The topological polar surface area (TPSA) is 82.8 Å². The molecule has 2 N–H and O–H groups in total. The number of rotatable bonds is 5. The van der Waals surface area contributed by atoms with Gasteiger partial charge < -0.3 is 20.0 Å². The Morgan fingerprint density at radius 2 is 2.07 bits per heavy atom. The van der Waals surface area contributed by atoms with Crippen LogP contribution in [0.1, 0.15) is 44.9 Å². The number of aliphatic imine (C=N–C) groups is 1. The molecule has 0 unspecified atom stereocenters. The van der Waals surface area contributed by atoms with Crippen molar-refractivity contribution in [1.82, 2.24) is 15.6 Å². The highest BCUT2D eigenvalue weighted by atomic mass is 16.4. The van der Waals surface area contributed by atoms with Gasteiger partial charge in [-0.15, -0.1) is 0 Å². The van der Waals surface area contributed by atoms with E-state index in [1.807, 2.05) is 30.0 Å². The van der Waals surface area contributed by atoms with Crippen molar-refractivity contribution in [3.8, 4) is 0 Å². The average Bonchev–Trinajstić information content (AvgIpc) is 3.30. The van der Waals surface area contributed by atoms with Crippen molar-refractivity contribution in [2.24, 2.45) is 4.99 Å². The summed E-state index contributed by atoms with van der Waals surface area (Å²) < 4.78 is 5.79. The molecular weight excluding hydrogens is 354 g/mol. The summed E-state index contributed by atoms with van der Waals surface area (Å²) in [6.07, 6.45) is 2.65. The first-order valence-electron chi connectivity index (χ1n) is 9.74. The molecule has 1 aromatic carbocycles. The van der Waals surface area contributed by atoms with Gasteiger partial charge in [0.15, 0.2) is 5.96 Å². The first-order chi connectivity index (χ1) is 13.4. The van der Waals surface area contributed by atoms with Crippen molar-refractivity contribution in [3.63, 3.8) is 0 Å². The van der Waals surface area contributed by atoms with Crippen molar-refractivity contribution in [2.45, 2.75) is 46.1 Å². The van der Waals surface area contributed by atoms with Gasteiger partial charge in [-0.2, -0.15) is 0 Å². The van der Waals surface area contributed by atoms with E-state index in [0.717, 1.165) is 17.9 Å². The summed E-state index contributed by atoms with van der Waals surface area (Å²) in [6.45, 7) is 10.1. The number of oxazole rings is 1. The van der Waals surface area contributed by atoms with E-state index in [1.165, 1.54) is 5.56 Å². The standard InChI is InChI=1S/C21H29N5O2/c1-5-22-20(24-13-18-23-12-17(28-18)21(2,3)4)25-14-19(27)26-11-10-15-8-6-7-9-16(15)26/h6-9,12H,5,10-11,13-14H2,1-4H3,(H2,22,24,25). The SMILES string of the molecule is CCNC(=NCC(=O)N1CCc2ccccc21)NCc1ncc(C(C)(C)C)o1. The summed E-state index contributed by atoms with van der Waals surface area (Å²) >= 11 is 0. The second kappa shape index (κ2) is 8.46. The molecule has 1 aliphatic rings. The van der Waals surface area contributed by atoms with Crippen molar-refractivity contribution >= 4 is 17.6 Å². The third-order valence-electron chi connectivity index (χ3n) is 4.60. The lowest BCUT2D eigenvalue weighted by molar-refractivity contribution is -0.117. The molecule has 1 amide bonds. The fraction of sp³-hybridized carbons (Fsp3) is 0.476. The monoisotopic (exact) mass is 383 g/mol. The molecule has 0 bridgehead atoms. The summed E-state index contributed by atoms with van der Waals surface area (Å²) in [5.41, 5.74) is 2.13. The van der Waals surface area contributed by atoms with Crippen LogP contribution in [0.25, 0.3) is 0 Å². The molecule has 0 aliphatic carbocycles. The second-order valence-corrected chi connectivity index (χ2v) is 7.84. The molecule has 0 saturated heterocycles. The van der Waals surface area contributed by atoms with E-state index in [2.05, 4.69) is 47.4 Å². The van der Waals surface area contributed by atoms with E-state index in [-0.39, 0.29) is 17.9 Å². The number of amides is 1. The highest BCUT2D eigenvalue weighted by Crippen LogP contribution is 2.27. The predicted molar refractivity (Wildman–Crippen MR) is 111 cm³/mol. The Morgan fingerprint density at radius 1 is 1.29 bits per heavy atom. The zero-order chi connectivity index (χ0) is 20.1. The van der Waals surface area contributed by atoms with Crippen molar-refractivity contribution in [2.75, 3.05) is 24.5 Å². The quantitative estimate of drug-likeness (QED) is 0.613. The van der Waals surface area contributed by atoms with Crippen LogP contribution in [-0.2, 0) is 23.2 Å². The molecule has 0 saturated carbocycles. The lowest BCUT2D eigenvalue weighted by Gasteiger charge is -2.17. The Morgan fingerprint density at radius 3 is 2.79 bits per heavy atom. The lowest BCUT2D eigenvalue weighted by Crippen LogP contribution is -2.38. The Bertz CT molecular complexity index is 850. The largest absolute Gasteiger partial charge is 0.443 e. The van der Waals surface area contributed by atoms with Crippen molar-refractivity contribution < 1.29 is 9.21 Å². The van der Waals surface area contributed by atoms with Crippen LogP contribution in [0.4, 0.5) is 5.69 Å². The summed E-state index contributed by atoms with van der Waals surface area (Å²) in [5.74, 6) is 2.00. The number of anilines is 1. The highest BCUT2D eigenvalue weighted by molar-refractivity contribution is 5.98. The summed E-state index contributed by atoms with van der Waals surface area (Å²) in [5, 5.41) is 6.33. The summed E-state index contributed by atoms with van der Waals surface area (Å²) in [6, 6.07) is 8.02. The van der Waals surface area contributed by atoms with Crippen LogP contribution in [0, 0.1) is 0 Å². The fourth-order valence-corrected chi connectivity index (χ4v) is 3.07. The maximum absolute atomic E-state index is 12.6. The molecular formula is C21H29N5O2. The van der Waals surface area contributed by atoms with Crippen LogP contribution in [0.2, 0.25) is 0 Å². The van der Waals surface area contributed by atoms with E-state index in [1.54, 1.807) is 6.20 Å². The van der Waals surface area contributed by atoms with Crippen LogP contribution >= 0.6 is 0 Å². The molecule has 0 spiro atoms. The normalized spacial score (nSPS) is 14.1. The first kappa shape index (κ1) is 19.9. The Kier molecular flexibility index (Phi) is 6.02. The van der Waals surface area contributed by atoms with Crippen LogP contribution in [0.3, 0.4) is 0 Å². The molecule has 7 heteroatoms. The molecule has 2 heterocycles. The molecule has 2 aromatic rings. The number of benzene rings is 1. The van der Waals surface area contributed by atoms with E-state index in [0.29, 0.717) is 31.5 Å². The van der Waals surface area contributed by atoms with Gasteiger partial charge in [0.05, 0.1) is 12.7 Å². The van der Waals surface area contributed by atoms with Crippen LogP contribution < -0.4 is 15.5 Å². The minimum atomic E-state index is -0.0811. The van der Waals surface area contributed by atoms with Gasteiger partial charge in [-0.3, -0.25) is 4.79 Å². The van der Waals surface area contributed by atoms with Gasteiger partial charge in [-0.25, -0.2) is 9.98 Å². The lowest BCUT2D eigenvalue weighted by atomic mass is 9.94. The predicted octanol–water partition coefficient (Wildman–Crippen LogP) is 2.62. The summed E-state index contributed by atoms with van der Waals surface area (Å²) in [7, 11) is 0. The number of carbonyl (C=O) groups excluding carboxylic acids is 1. The van der Waals surface area contributed by atoms with Crippen LogP contribution in [0.5, 0.6) is 0 Å². The van der Waals surface area contributed by atoms with Crippen molar-refractivity contribution in [1.29, 1.82) is 0 Å². The molecule has 0 atom stereocenters. The van der Waals surface area contributed by atoms with Crippen LogP contribution in [0.15, 0.2) is 39.9 Å². The van der Waals surface area contributed by atoms with Gasteiger partial charge in [0.2, 0.25) is 11.8 Å². The molecule has 7 nitrogen and oxygen atoms in total. The number of guanidine groups is 1. The van der Waals surface area contributed by atoms with E-state index < -0.39 is 0 Å². The van der Waals surface area contributed by atoms with Crippen LogP contribution in [-0.4, -0.2) is 36.5 Å². The van der Waals surface area contributed by atoms with Gasteiger partial charge in [-0.05, 0) is 25.0 Å². The van der Waals surface area contributed by atoms with Gasteiger partial charge >= 0.3 is 0 Å². The van der Waals surface area contributed by atoms with Gasteiger partial charge in [-0.1, -0.05) is 39.0 Å². The number of hydrogen-bond acceptors (Lipinski definition) is 4. The number of fused-ring (bicyclic) bond motifs is 1. The molecule has 1 aliphatic heterocycles. The fourth-order valence-electron chi connectivity index (χ4n) is 3.07. The number of aromatic nitrogens is 1. The Balaban J connectivity index is 1.60. The number of carbonyl (C=O) groups is 1. The van der Waals surface area contributed by atoms with E-state index in [4.69, 9.17) is 4.42 Å². The maximum atomic E-state index is 12.6. The molecule has 1 aromatic heterocycles. The van der Waals surface area contributed by atoms with Gasteiger partial charge in [0.25, 0.3) is 0 Å². The minimum Gasteiger partial charge on any atom is -0.443 e.